The maximum atomic E-state index is 10.9. The van der Waals surface area contributed by atoms with Gasteiger partial charge in [-0.25, -0.2) is 4.99 Å². The van der Waals surface area contributed by atoms with Gasteiger partial charge in [0.05, 0.1) is 5.36 Å². The second kappa shape index (κ2) is 2.41. The molecule has 0 saturated heterocycles. The first-order valence-electron chi connectivity index (χ1n) is 3.67. The fraction of sp³-hybridized carbons (Fsp3) is 0. The molecule has 0 N–H and O–H groups in total. The zero-order chi connectivity index (χ0) is 8.55. The van der Waals surface area contributed by atoms with E-state index in [4.69, 9.17) is 0 Å². The van der Waals surface area contributed by atoms with Crippen molar-refractivity contribution in [2.24, 2.45) is 4.99 Å². The lowest BCUT2D eigenvalue weighted by molar-refractivity contribution is -0.112. The Morgan fingerprint density at radius 3 is 3.00 bits per heavy atom. The number of carbonyl (C=O) groups is 1. The summed E-state index contributed by atoms with van der Waals surface area (Å²) in [5, 5.41) is 1.63. The minimum absolute atomic E-state index is 0.181. The topological polar surface area (TPSA) is 29.4 Å². The largest absolute Gasteiger partial charge is 0.270 e. The molecule has 0 fully saturated rings. The Morgan fingerprint density at radius 2 is 2.25 bits per heavy atom. The van der Waals surface area contributed by atoms with Crippen LogP contribution in [0.3, 0.4) is 0 Å². The van der Waals surface area contributed by atoms with Crippen molar-refractivity contribution < 1.29 is 4.79 Å². The highest BCUT2D eigenvalue weighted by molar-refractivity contribution is 6.06. The molecule has 2 rings (SSSR count). The van der Waals surface area contributed by atoms with Gasteiger partial charge in [0.2, 0.25) is 0 Å². The van der Waals surface area contributed by atoms with E-state index in [1.165, 1.54) is 6.08 Å². The minimum atomic E-state index is -0.181. The van der Waals surface area contributed by atoms with E-state index in [0.717, 1.165) is 16.1 Å². The first kappa shape index (κ1) is 6.98. The maximum absolute atomic E-state index is 10.9. The molecule has 1 aromatic carbocycles. The number of amides is 1. The molecule has 0 atom stereocenters. The Bertz CT molecular complexity index is 471. The molecular formula is C10H7NO. The summed E-state index contributed by atoms with van der Waals surface area (Å²) in [7, 11) is 0. The molecule has 1 heterocycles. The van der Waals surface area contributed by atoms with Crippen molar-refractivity contribution >= 4 is 18.1 Å². The van der Waals surface area contributed by atoms with Gasteiger partial charge in [0.15, 0.2) is 0 Å². The molecule has 1 amide bonds. The summed E-state index contributed by atoms with van der Waals surface area (Å²) >= 11 is 0. The number of carbonyl (C=O) groups excluding carboxylic acids is 1. The smallest absolute Gasteiger partial charge is 0.267 e. The monoisotopic (exact) mass is 157 g/mol. The molecule has 0 aliphatic carbocycles. The minimum Gasteiger partial charge on any atom is -0.267 e. The zero-order valence-electron chi connectivity index (χ0n) is 6.45. The van der Waals surface area contributed by atoms with Gasteiger partial charge in [-0.15, -0.1) is 0 Å². The van der Waals surface area contributed by atoms with Crippen molar-refractivity contribution in [2.75, 3.05) is 0 Å². The average Bonchev–Trinajstić information content (AvgIpc) is 2.44. The van der Waals surface area contributed by atoms with Crippen LogP contribution in [0.15, 0.2) is 29.8 Å². The van der Waals surface area contributed by atoms with Crippen LogP contribution in [0.25, 0.3) is 12.2 Å². The number of fused-ring (bicyclic) bond motifs is 1. The van der Waals surface area contributed by atoms with Gasteiger partial charge in [-0.05, 0) is 11.6 Å². The Morgan fingerprint density at radius 1 is 1.42 bits per heavy atom. The van der Waals surface area contributed by atoms with E-state index in [1.807, 2.05) is 18.2 Å². The molecule has 2 nitrogen and oxygen atoms in total. The van der Waals surface area contributed by atoms with Crippen LogP contribution in [0.1, 0.15) is 5.56 Å². The van der Waals surface area contributed by atoms with Gasteiger partial charge in [0, 0.05) is 11.3 Å². The summed E-state index contributed by atoms with van der Waals surface area (Å²) in [5.41, 5.74) is 0.960. The van der Waals surface area contributed by atoms with E-state index < -0.39 is 0 Å². The molecule has 0 unspecified atom stereocenters. The lowest BCUT2D eigenvalue weighted by Crippen LogP contribution is -2.23. The third kappa shape index (κ3) is 0.889. The number of rotatable bonds is 1. The molecule has 0 radical (unpaired) electrons. The van der Waals surface area contributed by atoms with Crippen molar-refractivity contribution in [2.45, 2.75) is 0 Å². The number of nitrogens with zero attached hydrogens (tertiary/aromatic N) is 1. The van der Waals surface area contributed by atoms with Crippen LogP contribution >= 0.6 is 0 Å². The molecule has 1 aromatic rings. The van der Waals surface area contributed by atoms with Gasteiger partial charge >= 0.3 is 0 Å². The molecule has 1 aliphatic heterocycles. The number of benzene rings is 1. The Hall–Kier alpha value is -1.70. The molecule has 0 spiro atoms. The SMILES string of the molecule is C=Cc1cccc2c1=CC(=O)N=2. The standard InChI is InChI=1S/C10H7NO/c1-2-7-4-3-5-9-8(7)6-10(12)11-9/h2-6H,1H2. The predicted molar refractivity (Wildman–Crippen MR) is 46.8 cm³/mol. The quantitative estimate of drug-likeness (QED) is 0.575. The summed E-state index contributed by atoms with van der Waals surface area (Å²) in [5.74, 6) is -0.181. The summed E-state index contributed by atoms with van der Waals surface area (Å²) in [4.78, 5) is 14.7. The number of hydrogen-bond acceptors (Lipinski definition) is 1. The molecule has 58 valence electrons. The van der Waals surface area contributed by atoms with Crippen molar-refractivity contribution in [3.05, 3.63) is 40.9 Å². The van der Waals surface area contributed by atoms with Crippen molar-refractivity contribution in [1.29, 1.82) is 0 Å². The molecular weight excluding hydrogens is 150 g/mol. The normalized spacial score (nSPS) is 13.2. The van der Waals surface area contributed by atoms with Crippen LogP contribution in [-0.4, -0.2) is 5.91 Å². The van der Waals surface area contributed by atoms with Gasteiger partial charge in [-0.1, -0.05) is 24.8 Å². The van der Waals surface area contributed by atoms with E-state index in [2.05, 4.69) is 11.6 Å². The van der Waals surface area contributed by atoms with Crippen LogP contribution in [-0.2, 0) is 4.79 Å². The Balaban J connectivity index is 2.93. The third-order valence-corrected chi connectivity index (χ3v) is 1.84. The fourth-order valence-electron chi connectivity index (χ4n) is 1.28. The fourth-order valence-corrected chi connectivity index (χ4v) is 1.28. The molecule has 2 heteroatoms. The molecule has 12 heavy (non-hydrogen) atoms. The lowest BCUT2D eigenvalue weighted by Gasteiger charge is -1.89. The van der Waals surface area contributed by atoms with E-state index in [0.29, 0.717) is 0 Å². The number of hydrogen-bond donors (Lipinski definition) is 0. The second-order valence-corrected chi connectivity index (χ2v) is 2.58. The van der Waals surface area contributed by atoms with Crippen LogP contribution in [0.2, 0.25) is 0 Å². The summed E-state index contributed by atoms with van der Waals surface area (Å²) in [6.45, 7) is 3.66. The molecule has 0 aromatic heterocycles. The molecule has 1 aliphatic rings. The van der Waals surface area contributed by atoms with Crippen LogP contribution in [0.5, 0.6) is 0 Å². The first-order valence-corrected chi connectivity index (χ1v) is 3.67. The van der Waals surface area contributed by atoms with Gasteiger partial charge in [0.25, 0.3) is 5.91 Å². The van der Waals surface area contributed by atoms with Gasteiger partial charge in [0.1, 0.15) is 0 Å². The summed E-state index contributed by atoms with van der Waals surface area (Å²) < 4.78 is 0. The Kier molecular flexibility index (Phi) is 1.40. The van der Waals surface area contributed by atoms with Crippen molar-refractivity contribution in [3.63, 3.8) is 0 Å². The third-order valence-electron chi connectivity index (χ3n) is 1.84. The van der Waals surface area contributed by atoms with Crippen LogP contribution in [0, 0.1) is 0 Å². The highest BCUT2D eigenvalue weighted by atomic mass is 16.1. The van der Waals surface area contributed by atoms with Gasteiger partial charge in [-0.2, -0.15) is 0 Å². The zero-order valence-corrected chi connectivity index (χ0v) is 6.45. The van der Waals surface area contributed by atoms with Crippen LogP contribution in [0.4, 0.5) is 0 Å². The second-order valence-electron chi connectivity index (χ2n) is 2.58. The highest BCUT2D eigenvalue weighted by Gasteiger charge is 2.03. The van der Waals surface area contributed by atoms with Gasteiger partial charge < -0.3 is 0 Å². The van der Waals surface area contributed by atoms with Crippen molar-refractivity contribution in [1.82, 2.24) is 0 Å². The lowest BCUT2D eigenvalue weighted by atomic mass is 10.1. The Labute approximate surface area is 69.6 Å². The highest BCUT2D eigenvalue weighted by Crippen LogP contribution is 1.93. The van der Waals surface area contributed by atoms with E-state index >= 15 is 0 Å². The summed E-state index contributed by atoms with van der Waals surface area (Å²) in [6.07, 6.45) is 3.26. The van der Waals surface area contributed by atoms with Gasteiger partial charge in [-0.3, -0.25) is 4.79 Å². The predicted octanol–water partition coefficient (Wildman–Crippen LogP) is 0.270. The molecule has 0 bridgehead atoms. The van der Waals surface area contributed by atoms with E-state index in [-0.39, 0.29) is 5.91 Å². The summed E-state index contributed by atoms with van der Waals surface area (Å²) in [6, 6.07) is 5.60. The average molecular weight is 157 g/mol. The van der Waals surface area contributed by atoms with Crippen LogP contribution < -0.4 is 10.6 Å². The maximum Gasteiger partial charge on any atom is 0.270 e. The molecule has 0 saturated carbocycles. The van der Waals surface area contributed by atoms with Crippen molar-refractivity contribution in [3.8, 4) is 0 Å². The first-order chi connectivity index (χ1) is 5.81. The van der Waals surface area contributed by atoms with E-state index in [9.17, 15) is 4.79 Å². The van der Waals surface area contributed by atoms with E-state index in [1.54, 1.807) is 6.08 Å².